The molecule has 312 valence electrons. The predicted molar refractivity (Wildman–Crippen MR) is 221 cm³/mol. The maximum absolute atomic E-state index is 12.7. The van der Waals surface area contributed by atoms with Gasteiger partial charge in [-0.15, -0.1) is 0 Å². The molecular formula is C42H54N12O5. The Balaban J connectivity index is 0.789. The highest BCUT2D eigenvalue weighted by molar-refractivity contribution is 6.03. The van der Waals surface area contributed by atoms with Crippen molar-refractivity contribution < 1.29 is 24.0 Å². The Hall–Kier alpha value is -5.84. The number of rotatable bonds is 11. The topological polar surface area (TPSA) is 202 Å². The van der Waals surface area contributed by atoms with Gasteiger partial charge in [-0.2, -0.15) is 0 Å². The average Bonchev–Trinajstić information content (AvgIpc) is 3.59. The quantitative estimate of drug-likeness (QED) is 0.207. The van der Waals surface area contributed by atoms with E-state index in [1.54, 1.807) is 23.4 Å². The van der Waals surface area contributed by atoms with Gasteiger partial charge in [-0.05, 0) is 99.7 Å². The maximum atomic E-state index is 12.7. The second kappa shape index (κ2) is 17.6. The fraction of sp³-hybridized carbons (Fsp3) is 0.524. The Kier molecular flexibility index (Phi) is 11.9. The smallest absolute Gasteiger partial charge is 0.320 e. The van der Waals surface area contributed by atoms with Crippen LogP contribution in [0.1, 0.15) is 83.8 Å². The summed E-state index contributed by atoms with van der Waals surface area (Å²) in [5.41, 5.74) is 9.13. The van der Waals surface area contributed by atoms with Crippen LogP contribution in [0.2, 0.25) is 0 Å². The molecule has 1 aromatic carbocycles. The number of aromatic nitrogens is 3. The van der Waals surface area contributed by atoms with Crippen molar-refractivity contribution in [2.75, 3.05) is 81.1 Å². The minimum Gasteiger partial charge on any atom is -0.370 e. The van der Waals surface area contributed by atoms with Gasteiger partial charge in [-0.25, -0.2) is 19.7 Å². The minimum atomic E-state index is -0.731. The van der Waals surface area contributed by atoms with E-state index >= 15 is 0 Å². The normalized spacial score (nSPS) is 22.4. The molecule has 0 saturated carbocycles. The number of imide groups is 1. The standard InChI is InChI=1S/C42H54N12O5/c1-50-21-22-54(42(50)59)32-3-2-16-53(26-32)35-24-45-37(38(43)56)39(48-35)46-30-6-4-28(5-7-30)29-14-17-51(18-15-29)25-27-12-19-52(20-13-27)31-8-9-33(44-23-31)40(57)47-34-10-11-36(55)49-41(34)58/h4-9,23-24,27,29,32,34H,2-3,10-22,25-26H2,1H3,(H2,43,56)(H,46,48)(H,47,57)(H,49,55,58)/t32-,34?/m1/s1. The molecule has 2 aromatic heterocycles. The van der Waals surface area contributed by atoms with E-state index in [0.717, 1.165) is 102 Å². The van der Waals surface area contributed by atoms with Crippen LogP contribution in [0, 0.1) is 5.92 Å². The van der Waals surface area contributed by atoms with Crippen molar-refractivity contribution in [3.8, 4) is 0 Å². The Bertz CT molecular complexity index is 2030. The number of carbonyl (C=O) groups excluding carboxylic acids is 5. The summed E-state index contributed by atoms with van der Waals surface area (Å²) < 4.78 is 0. The van der Waals surface area contributed by atoms with Crippen LogP contribution in [0.4, 0.5) is 27.8 Å². The zero-order valence-corrected chi connectivity index (χ0v) is 33.6. The molecule has 5 aliphatic rings. The van der Waals surface area contributed by atoms with E-state index in [1.807, 2.05) is 30.1 Å². The lowest BCUT2D eigenvalue weighted by atomic mass is 9.88. The molecule has 17 heteroatoms. The number of urea groups is 1. The van der Waals surface area contributed by atoms with E-state index in [1.165, 1.54) is 5.56 Å². The van der Waals surface area contributed by atoms with Crippen LogP contribution in [0.15, 0.2) is 48.8 Å². The minimum absolute atomic E-state index is 0.0673. The van der Waals surface area contributed by atoms with Gasteiger partial charge in [0.2, 0.25) is 11.8 Å². The number of pyridine rings is 1. The second-order valence-corrected chi connectivity index (χ2v) is 16.6. The lowest BCUT2D eigenvalue weighted by molar-refractivity contribution is -0.134. The van der Waals surface area contributed by atoms with Gasteiger partial charge >= 0.3 is 6.03 Å². The van der Waals surface area contributed by atoms with Gasteiger partial charge in [-0.3, -0.25) is 24.5 Å². The van der Waals surface area contributed by atoms with Crippen molar-refractivity contribution in [1.29, 1.82) is 0 Å². The molecule has 1 unspecified atom stereocenters. The number of primary amides is 1. The third kappa shape index (κ3) is 9.24. The van der Waals surface area contributed by atoms with E-state index in [-0.39, 0.29) is 42.2 Å². The number of amides is 6. The molecule has 17 nitrogen and oxygen atoms in total. The van der Waals surface area contributed by atoms with E-state index in [2.05, 4.69) is 52.8 Å². The Morgan fingerprint density at radius 1 is 0.847 bits per heavy atom. The van der Waals surface area contributed by atoms with Crippen LogP contribution in [0.25, 0.3) is 0 Å². The number of likely N-dealkylation sites (N-methyl/N-ethyl adjacent to an activating group) is 1. The summed E-state index contributed by atoms with van der Waals surface area (Å²) in [4.78, 5) is 85.5. The molecule has 0 bridgehead atoms. The van der Waals surface area contributed by atoms with Crippen molar-refractivity contribution in [3.05, 3.63) is 65.7 Å². The molecule has 8 rings (SSSR count). The third-order valence-electron chi connectivity index (χ3n) is 12.7. The fourth-order valence-electron chi connectivity index (χ4n) is 9.16. The van der Waals surface area contributed by atoms with Crippen molar-refractivity contribution in [2.24, 2.45) is 11.7 Å². The second-order valence-electron chi connectivity index (χ2n) is 16.6. The van der Waals surface area contributed by atoms with E-state index in [9.17, 15) is 24.0 Å². The largest absolute Gasteiger partial charge is 0.370 e. The van der Waals surface area contributed by atoms with Crippen LogP contribution in [0.5, 0.6) is 0 Å². The summed E-state index contributed by atoms with van der Waals surface area (Å²) in [7, 11) is 1.84. The predicted octanol–water partition coefficient (Wildman–Crippen LogP) is 2.68. The summed E-state index contributed by atoms with van der Waals surface area (Å²) >= 11 is 0. The highest BCUT2D eigenvalue weighted by Crippen LogP contribution is 2.32. The lowest BCUT2D eigenvalue weighted by Crippen LogP contribution is -2.52. The molecule has 59 heavy (non-hydrogen) atoms. The van der Waals surface area contributed by atoms with Gasteiger partial charge in [0.05, 0.1) is 24.1 Å². The molecule has 7 heterocycles. The molecule has 3 aromatic rings. The molecule has 0 spiro atoms. The first kappa shape index (κ1) is 40.0. The number of piperidine rings is 4. The van der Waals surface area contributed by atoms with E-state index in [4.69, 9.17) is 10.7 Å². The lowest BCUT2D eigenvalue weighted by Gasteiger charge is -2.38. The molecule has 5 saturated heterocycles. The maximum Gasteiger partial charge on any atom is 0.320 e. The number of nitrogens with one attached hydrogen (secondary N) is 3. The van der Waals surface area contributed by atoms with Crippen LogP contribution in [-0.4, -0.2) is 137 Å². The molecule has 5 N–H and O–H groups in total. The summed E-state index contributed by atoms with van der Waals surface area (Å²) in [6.07, 6.45) is 10.0. The summed E-state index contributed by atoms with van der Waals surface area (Å²) in [5.74, 6) is 0.193. The van der Waals surface area contributed by atoms with Crippen LogP contribution < -0.4 is 31.5 Å². The number of benzene rings is 1. The van der Waals surface area contributed by atoms with Gasteiger partial charge in [0.15, 0.2) is 11.5 Å². The van der Waals surface area contributed by atoms with Gasteiger partial charge in [0.1, 0.15) is 17.6 Å². The highest BCUT2D eigenvalue weighted by Gasteiger charge is 2.35. The molecular weight excluding hydrogens is 753 g/mol. The average molecular weight is 807 g/mol. The number of hydrogen-bond acceptors (Lipinski definition) is 12. The number of nitrogens with zero attached hydrogens (tertiary/aromatic N) is 8. The number of likely N-dealkylation sites (tertiary alicyclic amines) is 1. The van der Waals surface area contributed by atoms with Crippen LogP contribution >= 0.6 is 0 Å². The molecule has 6 amide bonds. The molecule has 5 aliphatic heterocycles. The fourth-order valence-corrected chi connectivity index (χ4v) is 9.16. The SMILES string of the molecule is CN1CCN([C@@H]2CCCN(c3cnc(C(N)=O)c(Nc4ccc(C5CCN(CC6CCN(c7ccc(C(=O)NC8CCC(=O)NC8=O)nc7)CC6)CC5)cc4)n3)C2)C1=O. The molecule has 0 aliphatic carbocycles. The summed E-state index contributed by atoms with van der Waals surface area (Å²) in [6, 6.07) is 11.4. The molecule has 5 fully saturated rings. The Morgan fingerprint density at radius 2 is 1.63 bits per heavy atom. The first-order valence-corrected chi connectivity index (χ1v) is 21.0. The Labute approximate surface area is 344 Å². The van der Waals surface area contributed by atoms with E-state index < -0.39 is 23.8 Å². The summed E-state index contributed by atoms with van der Waals surface area (Å²) in [6.45, 7) is 7.98. The number of carbonyl (C=O) groups is 5. The molecule has 0 radical (unpaired) electrons. The van der Waals surface area contributed by atoms with Gasteiger partial charge < -0.3 is 40.9 Å². The highest BCUT2D eigenvalue weighted by atomic mass is 16.2. The van der Waals surface area contributed by atoms with Crippen molar-refractivity contribution in [2.45, 2.75) is 69.4 Å². The first-order chi connectivity index (χ1) is 28.6. The summed E-state index contributed by atoms with van der Waals surface area (Å²) in [5, 5.41) is 8.25. The van der Waals surface area contributed by atoms with Crippen molar-refractivity contribution in [3.63, 3.8) is 0 Å². The van der Waals surface area contributed by atoms with Crippen molar-refractivity contribution >= 4 is 52.7 Å². The van der Waals surface area contributed by atoms with Gasteiger partial charge in [-0.1, -0.05) is 12.1 Å². The van der Waals surface area contributed by atoms with Crippen LogP contribution in [0.3, 0.4) is 0 Å². The third-order valence-corrected chi connectivity index (χ3v) is 12.7. The van der Waals surface area contributed by atoms with Gasteiger partial charge in [0.25, 0.3) is 11.8 Å². The zero-order chi connectivity index (χ0) is 41.0. The number of hydrogen-bond donors (Lipinski definition) is 4. The van der Waals surface area contributed by atoms with Crippen LogP contribution in [-0.2, 0) is 9.59 Å². The number of nitrogens with two attached hydrogens (primary N) is 1. The molecule has 2 atom stereocenters. The first-order valence-electron chi connectivity index (χ1n) is 21.0. The monoisotopic (exact) mass is 806 g/mol. The van der Waals surface area contributed by atoms with E-state index in [0.29, 0.717) is 30.0 Å². The van der Waals surface area contributed by atoms with Crippen molar-refractivity contribution in [1.82, 2.24) is 40.3 Å². The zero-order valence-electron chi connectivity index (χ0n) is 33.6. The van der Waals surface area contributed by atoms with Gasteiger partial charge in [0, 0.05) is 65.0 Å². The Morgan fingerprint density at radius 3 is 2.31 bits per heavy atom. The number of anilines is 4.